The van der Waals surface area contributed by atoms with E-state index >= 15 is 0 Å². The lowest BCUT2D eigenvalue weighted by molar-refractivity contribution is -0.125. The first-order valence-corrected chi connectivity index (χ1v) is 7.65. The van der Waals surface area contributed by atoms with Gasteiger partial charge in [0.15, 0.2) is 6.61 Å². The van der Waals surface area contributed by atoms with Crippen LogP contribution in [0.15, 0.2) is 18.2 Å². The molecule has 2 rings (SSSR count). The minimum Gasteiger partial charge on any atom is -0.507 e. The number of phenols is 1. The van der Waals surface area contributed by atoms with Gasteiger partial charge in [-0.2, -0.15) is 5.26 Å². The zero-order valence-corrected chi connectivity index (χ0v) is 13.1. The SMILES string of the molecule is Cc1ccc(O)c(C(=O)OCC(=O)NC2(C#N)CCCCC2)c1. The van der Waals surface area contributed by atoms with Crippen LogP contribution < -0.4 is 5.32 Å². The molecule has 23 heavy (non-hydrogen) atoms. The van der Waals surface area contributed by atoms with Crippen LogP contribution in [-0.2, 0) is 9.53 Å². The number of aromatic hydroxyl groups is 1. The van der Waals surface area contributed by atoms with Crippen molar-refractivity contribution >= 4 is 11.9 Å². The van der Waals surface area contributed by atoms with Crippen molar-refractivity contribution in [2.75, 3.05) is 6.61 Å². The van der Waals surface area contributed by atoms with Crippen LogP contribution in [0, 0.1) is 18.3 Å². The van der Waals surface area contributed by atoms with Gasteiger partial charge in [-0.05, 0) is 31.9 Å². The molecule has 0 aromatic heterocycles. The molecule has 0 radical (unpaired) electrons. The van der Waals surface area contributed by atoms with Crippen molar-refractivity contribution in [3.63, 3.8) is 0 Å². The fourth-order valence-electron chi connectivity index (χ4n) is 2.75. The predicted molar refractivity (Wildman–Crippen MR) is 82.7 cm³/mol. The Morgan fingerprint density at radius 3 is 2.70 bits per heavy atom. The lowest BCUT2D eigenvalue weighted by Gasteiger charge is -2.31. The van der Waals surface area contributed by atoms with Crippen molar-refractivity contribution in [1.82, 2.24) is 5.32 Å². The van der Waals surface area contributed by atoms with Crippen molar-refractivity contribution in [2.24, 2.45) is 0 Å². The van der Waals surface area contributed by atoms with E-state index in [0.717, 1.165) is 24.8 Å². The third kappa shape index (κ3) is 4.22. The van der Waals surface area contributed by atoms with E-state index in [0.29, 0.717) is 12.8 Å². The zero-order chi connectivity index (χ0) is 16.9. The number of aryl methyl sites for hydroxylation is 1. The van der Waals surface area contributed by atoms with E-state index < -0.39 is 24.0 Å². The molecule has 1 fully saturated rings. The molecule has 1 saturated carbocycles. The number of nitrogens with one attached hydrogen (secondary N) is 1. The van der Waals surface area contributed by atoms with Gasteiger partial charge >= 0.3 is 5.97 Å². The smallest absolute Gasteiger partial charge is 0.342 e. The Morgan fingerprint density at radius 2 is 2.04 bits per heavy atom. The molecule has 6 nitrogen and oxygen atoms in total. The third-order valence-corrected chi connectivity index (χ3v) is 4.01. The van der Waals surface area contributed by atoms with Crippen molar-refractivity contribution in [3.8, 4) is 11.8 Å². The molecular weight excluding hydrogens is 296 g/mol. The number of phenolic OH excluding ortho intramolecular Hbond substituents is 1. The van der Waals surface area contributed by atoms with Crippen LogP contribution in [0.25, 0.3) is 0 Å². The van der Waals surface area contributed by atoms with Gasteiger partial charge < -0.3 is 15.2 Å². The monoisotopic (exact) mass is 316 g/mol. The van der Waals surface area contributed by atoms with Crippen LogP contribution in [-0.4, -0.2) is 29.1 Å². The number of nitrogens with zero attached hydrogens (tertiary/aromatic N) is 1. The largest absolute Gasteiger partial charge is 0.507 e. The van der Waals surface area contributed by atoms with Crippen molar-refractivity contribution in [1.29, 1.82) is 5.26 Å². The number of hydrogen-bond acceptors (Lipinski definition) is 5. The summed E-state index contributed by atoms with van der Waals surface area (Å²) in [6.07, 6.45) is 4.07. The predicted octanol–water partition coefficient (Wildman–Crippen LogP) is 2.20. The summed E-state index contributed by atoms with van der Waals surface area (Å²) < 4.78 is 4.94. The zero-order valence-electron chi connectivity index (χ0n) is 13.1. The Labute approximate surface area is 135 Å². The van der Waals surface area contributed by atoms with Crippen LogP contribution in [0.4, 0.5) is 0 Å². The number of benzene rings is 1. The van der Waals surface area contributed by atoms with E-state index in [1.807, 2.05) is 0 Å². The Hall–Kier alpha value is -2.55. The van der Waals surface area contributed by atoms with Crippen LogP contribution in [0.2, 0.25) is 0 Å². The van der Waals surface area contributed by atoms with Crippen molar-refractivity contribution < 1.29 is 19.4 Å². The third-order valence-electron chi connectivity index (χ3n) is 4.01. The number of amides is 1. The molecule has 0 bridgehead atoms. The molecule has 0 unspecified atom stereocenters. The number of hydrogen-bond donors (Lipinski definition) is 2. The molecule has 1 aromatic carbocycles. The molecule has 0 heterocycles. The van der Waals surface area contributed by atoms with E-state index in [1.54, 1.807) is 13.0 Å². The maximum atomic E-state index is 12.0. The summed E-state index contributed by atoms with van der Waals surface area (Å²) in [5.74, 6) is -1.47. The number of esters is 1. The van der Waals surface area contributed by atoms with E-state index in [1.165, 1.54) is 12.1 Å². The van der Waals surface area contributed by atoms with Crippen LogP contribution in [0.5, 0.6) is 5.75 Å². The quantitative estimate of drug-likeness (QED) is 0.830. The molecule has 0 saturated heterocycles. The van der Waals surface area contributed by atoms with Crippen molar-refractivity contribution in [3.05, 3.63) is 29.3 Å². The van der Waals surface area contributed by atoms with Gasteiger partial charge in [0.05, 0.1) is 6.07 Å². The van der Waals surface area contributed by atoms with Gasteiger partial charge in [0.2, 0.25) is 0 Å². The lowest BCUT2D eigenvalue weighted by Crippen LogP contribution is -2.50. The number of ether oxygens (including phenoxy) is 1. The molecule has 1 amide bonds. The number of rotatable bonds is 4. The Bertz CT molecular complexity index is 642. The lowest BCUT2D eigenvalue weighted by atomic mass is 9.83. The standard InChI is InChI=1S/C17H20N2O4/c1-12-5-6-14(20)13(9-12)16(22)23-10-15(21)19-17(11-18)7-3-2-4-8-17/h5-6,9,20H,2-4,7-8,10H2,1H3,(H,19,21). The first kappa shape index (κ1) is 16.8. The maximum Gasteiger partial charge on any atom is 0.342 e. The van der Waals surface area contributed by atoms with E-state index in [4.69, 9.17) is 4.74 Å². The number of carbonyl (C=O) groups excluding carboxylic acids is 2. The molecule has 1 aliphatic carbocycles. The fraction of sp³-hybridized carbons (Fsp3) is 0.471. The summed E-state index contributed by atoms with van der Waals surface area (Å²) >= 11 is 0. The minimum atomic E-state index is -0.854. The molecule has 0 aliphatic heterocycles. The van der Waals surface area contributed by atoms with Gasteiger partial charge in [0.1, 0.15) is 16.9 Å². The highest BCUT2D eigenvalue weighted by Gasteiger charge is 2.33. The molecular formula is C17H20N2O4. The summed E-state index contributed by atoms with van der Waals surface area (Å²) in [6, 6.07) is 6.73. The van der Waals surface area contributed by atoms with Crippen LogP contribution in [0.1, 0.15) is 48.0 Å². The van der Waals surface area contributed by atoms with E-state index in [-0.39, 0.29) is 11.3 Å². The highest BCUT2D eigenvalue weighted by Crippen LogP contribution is 2.27. The second-order valence-corrected chi connectivity index (χ2v) is 5.90. The molecule has 122 valence electrons. The van der Waals surface area contributed by atoms with Gasteiger partial charge in [-0.25, -0.2) is 4.79 Å². The molecule has 6 heteroatoms. The molecule has 0 atom stereocenters. The van der Waals surface area contributed by atoms with E-state index in [2.05, 4.69) is 11.4 Å². The van der Waals surface area contributed by atoms with Crippen molar-refractivity contribution in [2.45, 2.75) is 44.6 Å². The Kier molecular flexibility index (Phi) is 5.22. The Morgan fingerprint density at radius 1 is 1.35 bits per heavy atom. The maximum absolute atomic E-state index is 12.0. The highest BCUT2D eigenvalue weighted by atomic mass is 16.5. The summed E-state index contributed by atoms with van der Waals surface area (Å²) in [5.41, 5.74) is -0.0389. The first-order valence-electron chi connectivity index (χ1n) is 7.65. The second-order valence-electron chi connectivity index (χ2n) is 5.90. The van der Waals surface area contributed by atoms with Gasteiger partial charge in [-0.15, -0.1) is 0 Å². The summed E-state index contributed by atoms with van der Waals surface area (Å²) in [6.45, 7) is 1.30. The first-order chi connectivity index (χ1) is 11.0. The highest BCUT2D eigenvalue weighted by molar-refractivity contribution is 5.94. The summed E-state index contributed by atoms with van der Waals surface area (Å²) in [7, 11) is 0. The fourth-order valence-corrected chi connectivity index (χ4v) is 2.75. The molecule has 2 N–H and O–H groups in total. The van der Waals surface area contributed by atoms with Gasteiger partial charge in [0.25, 0.3) is 5.91 Å². The van der Waals surface area contributed by atoms with E-state index in [9.17, 15) is 20.0 Å². The van der Waals surface area contributed by atoms with Crippen LogP contribution >= 0.6 is 0 Å². The molecule has 1 aliphatic rings. The topological polar surface area (TPSA) is 99.4 Å². The average molecular weight is 316 g/mol. The molecule has 1 aromatic rings. The second kappa shape index (κ2) is 7.14. The van der Waals surface area contributed by atoms with Gasteiger partial charge in [0, 0.05) is 0 Å². The van der Waals surface area contributed by atoms with Gasteiger partial charge in [-0.1, -0.05) is 30.9 Å². The summed E-state index contributed by atoms with van der Waals surface area (Å²) in [4.78, 5) is 23.9. The minimum absolute atomic E-state index is 0.0189. The van der Waals surface area contributed by atoms with Gasteiger partial charge in [-0.3, -0.25) is 4.79 Å². The number of nitriles is 1. The number of carbonyl (C=O) groups is 2. The Balaban J connectivity index is 1.92. The van der Waals surface area contributed by atoms with Crippen LogP contribution in [0.3, 0.4) is 0 Å². The normalized spacial score (nSPS) is 16.2. The average Bonchev–Trinajstić information content (AvgIpc) is 2.55. The summed E-state index contributed by atoms with van der Waals surface area (Å²) in [5, 5.41) is 21.6. The molecule has 0 spiro atoms.